The molecule has 1 heterocycles. The quantitative estimate of drug-likeness (QED) is 0.535. The zero-order valence-corrected chi connectivity index (χ0v) is 7.00. The molecule has 0 aliphatic heterocycles. The van der Waals surface area contributed by atoms with Crippen LogP contribution in [0, 0.1) is 13.3 Å². The first kappa shape index (κ1) is 6.41. The number of thiophene rings is 1. The molecule has 53 valence electrons. The van der Waals surface area contributed by atoms with Gasteiger partial charge in [0.25, 0.3) is 0 Å². The molecule has 0 nitrogen and oxygen atoms in total. The molecule has 2 rings (SSSR count). The highest BCUT2D eigenvalue weighted by Gasteiger charge is 2.10. The van der Waals surface area contributed by atoms with Gasteiger partial charge in [-0.3, -0.25) is 0 Å². The van der Waals surface area contributed by atoms with Crippen LogP contribution in [-0.2, 0) is 6.42 Å². The van der Waals surface area contributed by atoms with Gasteiger partial charge in [-0.2, -0.15) is 0 Å². The summed E-state index contributed by atoms with van der Waals surface area (Å²) in [5.74, 6) is 0. The van der Waals surface area contributed by atoms with Crippen molar-refractivity contribution in [1.82, 2.24) is 0 Å². The average molecular weight is 151 g/mol. The summed E-state index contributed by atoms with van der Waals surface area (Å²) in [5.41, 5.74) is 1.58. The van der Waals surface area contributed by atoms with E-state index in [4.69, 9.17) is 0 Å². The summed E-state index contributed by atoms with van der Waals surface area (Å²) in [6.07, 6.45) is 6.31. The van der Waals surface area contributed by atoms with Crippen LogP contribution < -0.4 is 0 Å². The normalized spacial score (nSPS) is 16.9. The molecule has 0 aromatic carbocycles. The Bertz CT molecular complexity index is 211. The molecule has 0 saturated heterocycles. The van der Waals surface area contributed by atoms with Crippen LogP contribution in [0.5, 0.6) is 0 Å². The van der Waals surface area contributed by atoms with E-state index in [0.717, 1.165) is 0 Å². The van der Waals surface area contributed by atoms with Crippen LogP contribution in [0.4, 0.5) is 0 Å². The van der Waals surface area contributed by atoms with Crippen molar-refractivity contribution in [3.8, 4) is 0 Å². The fraction of sp³-hybridized carbons (Fsp3) is 0.444. The lowest BCUT2D eigenvalue weighted by atomic mass is 9.99. The van der Waals surface area contributed by atoms with Crippen molar-refractivity contribution in [3.63, 3.8) is 0 Å². The molecular formula is C9H11S. The van der Waals surface area contributed by atoms with Crippen LogP contribution in [0.15, 0.2) is 6.07 Å². The Morgan fingerprint density at radius 1 is 1.50 bits per heavy atom. The fourth-order valence-electron chi connectivity index (χ4n) is 1.48. The Labute approximate surface area is 65.9 Å². The monoisotopic (exact) mass is 151 g/mol. The zero-order valence-electron chi connectivity index (χ0n) is 6.18. The van der Waals surface area contributed by atoms with E-state index in [1.54, 1.807) is 5.56 Å². The number of hydrogen-bond donors (Lipinski definition) is 0. The van der Waals surface area contributed by atoms with Crippen molar-refractivity contribution in [2.75, 3.05) is 0 Å². The van der Waals surface area contributed by atoms with Crippen molar-refractivity contribution < 1.29 is 0 Å². The molecule has 1 heteroatoms. The second-order valence-corrected chi connectivity index (χ2v) is 4.13. The lowest BCUT2D eigenvalue weighted by Crippen LogP contribution is -1.94. The maximum atomic E-state index is 2.37. The minimum atomic E-state index is 1.28. The highest BCUT2D eigenvalue weighted by molar-refractivity contribution is 7.12. The Morgan fingerprint density at radius 3 is 3.20 bits per heavy atom. The van der Waals surface area contributed by atoms with Crippen molar-refractivity contribution in [2.24, 2.45) is 0 Å². The molecule has 1 radical (unpaired) electrons. The first-order valence-corrected chi connectivity index (χ1v) is 4.60. The standard InChI is InChI=1S/C9H11S/c1-7-6-8-4-2-3-5-9(8)10-7/h5-6H,2-4H2,1H3. The van der Waals surface area contributed by atoms with E-state index in [0.29, 0.717) is 0 Å². The van der Waals surface area contributed by atoms with Gasteiger partial charge >= 0.3 is 0 Å². The molecule has 1 aliphatic rings. The fourth-order valence-corrected chi connectivity index (χ4v) is 2.52. The molecule has 0 bridgehead atoms. The molecule has 0 unspecified atom stereocenters. The van der Waals surface area contributed by atoms with Gasteiger partial charge in [0.05, 0.1) is 0 Å². The van der Waals surface area contributed by atoms with Crippen LogP contribution in [-0.4, -0.2) is 0 Å². The Hall–Kier alpha value is -0.300. The molecule has 0 N–H and O–H groups in total. The number of fused-ring (bicyclic) bond motifs is 1. The van der Waals surface area contributed by atoms with Gasteiger partial charge in [0.1, 0.15) is 0 Å². The minimum Gasteiger partial charge on any atom is -0.145 e. The van der Waals surface area contributed by atoms with Crippen LogP contribution in [0.1, 0.15) is 28.2 Å². The Balaban J connectivity index is 2.41. The van der Waals surface area contributed by atoms with Crippen LogP contribution in [0.3, 0.4) is 0 Å². The van der Waals surface area contributed by atoms with E-state index < -0.39 is 0 Å². The number of hydrogen-bond acceptors (Lipinski definition) is 1. The lowest BCUT2D eigenvalue weighted by molar-refractivity contribution is 0.784. The van der Waals surface area contributed by atoms with Gasteiger partial charge in [-0.15, -0.1) is 11.3 Å². The predicted molar refractivity (Wildman–Crippen MR) is 45.4 cm³/mol. The van der Waals surface area contributed by atoms with Crippen molar-refractivity contribution in [2.45, 2.75) is 26.2 Å². The molecule has 0 amide bonds. The van der Waals surface area contributed by atoms with Crippen molar-refractivity contribution in [1.29, 1.82) is 0 Å². The predicted octanol–water partition coefficient (Wildman–Crippen LogP) is 2.95. The first-order chi connectivity index (χ1) is 4.86. The molecule has 1 aromatic heterocycles. The van der Waals surface area contributed by atoms with Gasteiger partial charge in [-0.25, -0.2) is 0 Å². The van der Waals surface area contributed by atoms with E-state index in [1.807, 2.05) is 11.3 Å². The molecule has 0 fully saturated rings. The summed E-state index contributed by atoms with van der Waals surface area (Å²) in [6.45, 7) is 2.19. The summed E-state index contributed by atoms with van der Waals surface area (Å²) in [6, 6.07) is 2.33. The highest BCUT2D eigenvalue weighted by Crippen LogP contribution is 2.29. The number of aryl methyl sites for hydroxylation is 2. The van der Waals surface area contributed by atoms with Gasteiger partial charge in [-0.05, 0) is 37.8 Å². The van der Waals surface area contributed by atoms with Crippen LogP contribution in [0.25, 0.3) is 0 Å². The maximum Gasteiger partial charge on any atom is 0.0117 e. The average Bonchev–Trinajstić information content (AvgIpc) is 2.27. The molecule has 0 saturated carbocycles. The van der Waals surface area contributed by atoms with E-state index in [1.165, 1.54) is 29.0 Å². The lowest BCUT2D eigenvalue weighted by Gasteiger charge is -2.08. The van der Waals surface area contributed by atoms with Crippen molar-refractivity contribution in [3.05, 3.63) is 27.8 Å². The Morgan fingerprint density at radius 2 is 2.40 bits per heavy atom. The summed E-state index contributed by atoms with van der Waals surface area (Å²) in [7, 11) is 0. The van der Waals surface area contributed by atoms with Crippen LogP contribution >= 0.6 is 11.3 Å². The van der Waals surface area contributed by atoms with Crippen LogP contribution in [0.2, 0.25) is 0 Å². The SMILES string of the molecule is Cc1cc2c(s1)[CH]CCC2. The third-order valence-electron chi connectivity index (χ3n) is 1.94. The summed E-state index contributed by atoms with van der Waals surface area (Å²) in [4.78, 5) is 2.99. The smallest absolute Gasteiger partial charge is 0.0117 e. The second-order valence-electron chi connectivity index (χ2n) is 2.84. The highest BCUT2D eigenvalue weighted by atomic mass is 32.1. The molecule has 1 aliphatic carbocycles. The summed E-state index contributed by atoms with van der Waals surface area (Å²) in [5, 5.41) is 0. The van der Waals surface area contributed by atoms with E-state index in [-0.39, 0.29) is 0 Å². The largest absolute Gasteiger partial charge is 0.145 e. The summed E-state index contributed by atoms with van der Waals surface area (Å²) >= 11 is 1.93. The second kappa shape index (κ2) is 2.39. The van der Waals surface area contributed by atoms with Gasteiger partial charge in [0.15, 0.2) is 0 Å². The van der Waals surface area contributed by atoms with Gasteiger partial charge in [0, 0.05) is 16.2 Å². The topological polar surface area (TPSA) is 0 Å². The molecule has 10 heavy (non-hydrogen) atoms. The minimum absolute atomic E-state index is 1.28. The van der Waals surface area contributed by atoms with Gasteiger partial charge in [-0.1, -0.05) is 0 Å². The molecule has 0 spiro atoms. The van der Waals surface area contributed by atoms with E-state index in [9.17, 15) is 0 Å². The van der Waals surface area contributed by atoms with E-state index >= 15 is 0 Å². The van der Waals surface area contributed by atoms with Crippen molar-refractivity contribution >= 4 is 11.3 Å². The third kappa shape index (κ3) is 0.988. The van der Waals surface area contributed by atoms with Gasteiger partial charge in [0.2, 0.25) is 0 Å². The number of rotatable bonds is 0. The molecule has 0 atom stereocenters. The molecule has 1 aromatic rings. The first-order valence-electron chi connectivity index (χ1n) is 3.79. The zero-order chi connectivity index (χ0) is 6.97. The molecular weight excluding hydrogens is 140 g/mol. The maximum absolute atomic E-state index is 2.37. The van der Waals surface area contributed by atoms with Gasteiger partial charge < -0.3 is 0 Å². The summed E-state index contributed by atoms with van der Waals surface area (Å²) < 4.78 is 0. The Kier molecular flexibility index (Phi) is 1.53. The van der Waals surface area contributed by atoms with E-state index in [2.05, 4.69) is 19.4 Å². The third-order valence-corrected chi connectivity index (χ3v) is 3.03.